The van der Waals surface area contributed by atoms with Crippen LogP contribution in [0.5, 0.6) is 0 Å². The van der Waals surface area contributed by atoms with Crippen molar-refractivity contribution in [2.24, 2.45) is 0 Å². The molecule has 2 aliphatic heterocycles. The normalized spacial score (nSPS) is 21.9. The van der Waals surface area contributed by atoms with E-state index in [1.807, 2.05) is 18.2 Å². The molecule has 0 amide bonds. The summed E-state index contributed by atoms with van der Waals surface area (Å²) in [4.78, 5) is 6.06. The lowest BCUT2D eigenvalue weighted by Gasteiger charge is -2.38. The third-order valence-electron chi connectivity index (χ3n) is 5.00. The number of rotatable bonds is 1. The van der Waals surface area contributed by atoms with Crippen LogP contribution in [-0.2, 0) is 6.42 Å². The predicted molar refractivity (Wildman–Crippen MR) is 92.4 cm³/mol. The molecule has 4 rings (SSSR count). The summed E-state index contributed by atoms with van der Waals surface area (Å²) in [5.41, 5.74) is 1.70. The van der Waals surface area contributed by atoms with Gasteiger partial charge in [0, 0.05) is 42.7 Å². The summed E-state index contributed by atoms with van der Waals surface area (Å²) in [5.74, 6) is -0.622. The Hall–Kier alpha value is -1.43. The van der Waals surface area contributed by atoms with Crippen molar-refractivity contribution in [3.05, 3.63) is 59.2 Å². The average molecular weight is 346 g/mol. The van der Waals surface area contributed by atoms with Gasteiger partial charge >= 0.3 is 0 Å². The summed E-state index contributed by atoms with van der Waals surface area (Å²) in [5, 5.41) is 0. The molecule has 0 bridgehead atoms. The van der Waals surface area contributed by atoms with Gasteiger partial charge < -0.3 is 4.90 Å². The van der Waals surface area contributed by atoms with E-state index in [4.69, 9.17) is 0 Å². The molecule has 0 saturated carbocycles. The molecular formula is C19H20F2N2S. The number of hydrogen-bond donors (Lipinski definition) is 0. The second kappa shape index (κ2) is 6.47. The lowest BCUT2D eigenvalue weighted by molar-refractivity contribution is 0.107. The fraction of sp³-hybridized carbons (Fsp3) is 0.368. The Balaban J connectivity index is 1.82. The van der Waals surface area contributed by atoms with Gasteiger partial charge in [0.1, 0.15) is 11.6 Å². The molecular weight excluding hydrogens is 326 g/mol. The van der Waals surface area contributed by atoms with E-state index in [0.29, 0.717) is 10.5 Å². The van der Waals surface area contributed by atoms with Crippen LogP contribution in [0.4, 0.5) is 8.78 Å². The number of benzene rings is 2. The molecule has 1 saturated heterocycles. The third kappa shape index (κ3) is 2.85. The van der Waals surface area contributed by atoms with Crippen LogP contribution in [0.1, 0.15) is 17.2 Å². The summed E-state index contributed by atoms with van der Waals surface area (Å²) in [6.45, 7) is 3.67. The summed E-state index contributed by atoms with van der Waals surface area (Å²) in [6, 6.07) is 10.4. The fourth-order valence-corrected chi connectivity index (χ4v) is 4.76. The molecule has 2 aliphatic rings. The van der Waals surface area contributed by atoms with Crippen LogP contribution in [-0.4, -0.2) is 43.0 Å². The van der Waals surface area contributed by atoms with Crippen molar-refractivity contribution in [2.75, 3.05) is 33.2 Å². The van der Waals surface area contributed by atoms with E-state index in [-0.39, 0.29) is 17.7 Å². The Labute approximate surface area is 145 Å². The Morgan fingerprint density at radius 1 is 0.958 bits per heavy atom. The minimum Gasteiger partial charge on any atom is -0.304 e. The number of fused-ring (bicyclic) bond motifs is 2. The number of halogens is 2. The van der Waals surface area contributed by atoms with Gasteiger partial charge in [-0.05, 0) is 37.2 Å². The molecule has 1 atom stereocenters. The van der Waals surface area contributed by atoms with Crippen LogP contribution in [0, 0.1) is 11.6 Å². The Morgan fingerprint density at radius 3 is 2.46 bits per heavy atom. The van der Waals surface area contributed by atoms with E-state index in [1.165, 1.54) is 29.5 Å². The predicted octanol–water partition coefficient (Wildman–Crippen LogP) is 3.96. The minimum atomic E-state index is -0.327. The van der Waals surface area contributed by atoms with E-state index in [0.717, 1.165) is 37.5 Å². The zero-order valence-electron chi connectivity index (χ0n) is 13.6. The smallest absolute Gasteiger partial charge is 0.137 e. The van der Waals surface area contributed by atoms with E-state index >= 15 is 0 Å². The van der Waals surface area contributed by atoms with Gasteiger partial charge in [-0.25, -0.2) is 8.78 Å². The number of likely N-dealkylation sites (N-methyl/N-ethyl adjacent to an activating group) is 1. The summed E-state index contributed by atoms with van der Waals surface area (Å²) >= 11 is 1.36. The maximum Gasteiger partial charge on any atom is 0.137 e. The average Bonchev–Trinajstić information content (AvgIpc) is 2.77. The summed E-state index contributed by atoms with van der Waals surface area (Å²) in [6.07, 6.45) is 0.722. The first-order chi connectivity index (χ1) is 11.6. The molecule has 2 nitrogen and oxygen atoms in total. The molecule has 0 N–H and O–H groups in total. The minimum absolute atomic E-state index is 0.111. The van der Waals surface area contributed by atoms with Crippen LogP contribution in [0.2, 0.25) is 0 Å². The quantitative estimate of drug-likeness (QED) is 0.772. The Morgan fingerprint density at radius 2 is 1.67 bits per heavy atom. The molecule has 0 aliphatic carbocycles. The van der Waals surface area contributed by atoms with Gasteiger partial charge in [-0.15, -0.1) is 0 Å². The van der Waals surface area contributed by atoms with Crippen molar-refractivity contribution in [1.29, 1.82) is 0 Å². The highest BCUT2D eigenvalue weighted by Gasteiger charge is 2.32. The molecule has 0 radical (unpaired) electrons. The van der Waals surface area contributed by atoms with Crippen LogP contribution in [0.3, 0.4) is 0 Å². The SMILES string of the molecule is CN1CCN([C@H]2Cc3ccccc3Sc3c(F)ccc(F)c32)CC1. The van der Waals surface area contributed by atoms with Gasteiger partial charge in [0.2, 0.25) is 0 Å². The number of piperazine rings is 1. The molecule has 2 aromatic carbocycles. The topological polar surface area (TPSA) is 6.48 Å². The van der Waals surface area contributed by atoms with Gasteiger partial charge in [0.15, 0.2) is 0 Å². The highest BCUT2D eigenvalue weighted by Crippen LogP contribution is 2.45. The first kappa shape index (κ1) is 16.1. The maximum absolute atomic E-state index is 14.7. The van der Waals surface area contributed by atoms with Crippen LogP contribution < -0.4 is 0 Å². The van der Waals surface area contributed by atoms with Crippen molar-refractivity contribution in [1.82, 2.24) is 9.80 Å². The molecule has 0 spiro atoms. The highest BCUT2D eigenvalue weighted by molar-refractivity contribution is 7.99. The van der Waals surface area contributed by atoms with Crippen molar-refractivity contribution < 1.29 is 8.78 Å². The Kier molecular flexibility index (Phi) is 4.33. The van der Waals surface area contributed by atoms with Gasteiger partial charge in [-0.1, -0.05) is 30.0 Å². The molecule has 2 aromatic rings. The largest absolute Gasteiger partial charge is 0.304 e. The molecule has 5 heteroatoms. The lowest BCUT2D eigenvalue weighted by atomic mass is 9.96. The summed E-state index contributed by atoms with van der Waals surface area (Å²) in [7, 11) is 2.10. The van der Waals surface area contributed by atoms with E-state index in [2.05, 4.69) is 22.9 Å². The second-order valence-corrected chi connectivity index (χ2v) is 7.59. The van der Waals surface area contributed by atoms with Crippen LogP contribution in [0.25, 0.3) is 0 Å². The molecule has 0 unspecified atom stereocenters. The zero-order valence-corrected chi connectivity index (χ0v) is 14.5. The Bertz CT molecular complexity index is 757. The van der Waals surface area contributed by atoms with Crippen molar-refractivity contribution in [3.63, 3.8) is 0 Å². The van der Waals surface area contributed by atoms with Gasteiger partial charge in [0.25, 0.3) is 0 Å². The van der Waals surface area contributed by atoms with Crippen LogP contribution in [0.15, 0.2) is 46.2 Å². The first-order valence-electron chi connectivity index (χ1n) is 8.30. The van der Waals surface area contributed by atoms with Crippen molar-refractivity contribution in [3.8, 4) is 0 Å². The zero-order chi connectivity index (χ0) is 16.7. The second-order valence-electron chi connectivity index (χ2n) is 6.54. The lowest BCUT2D eigenvalue weighted by Crippen LogP contribution is -2.46. The van der Waals surface area contributed by atoms with E-state index < -0.39 is 0 Å². The fourth-order valence-electron chi connectivity index (χ4n) is 3.60. The van der Waals surface area contributed by atoms with Gasteiger partial charge in [-0.2, -0.15) is 0 Å². The number of hydrogen-bond acceptors (Lipinski definition) is 3. The first-order valence-corrected chi connectivity index (χ1v) is 9.11. The molecule has 1 fully saturated rings. The van der Waals surface area contributed by atoms with Crippen molar-refractivity contribution in [2.45, 2.75) is 22.3 Å². The number of nitrogens with zero attached hydrogens (tertiary/aromatic N) is 2. The van der Waals surface area contributed by atoms with E-state index in [9.17, 15) is 8.78 Å². The van der Waals surface area contributed by atoms with E-state index in [1.54, 1.807) is 0 Å². The standard InChI is InChI=1S/C19H20F2N2S/c1-22-8-10-23(11-9-22)16-12-13-4-2-3-5-17(13)24-19-15(21)7-6-14(20)18(16)19/h2-7,16H,8-12H2,1H3/t16-/m0/s1. The van der Waals surface area contributed by atoms with Crippen LogP contribution >= 0.6 is 11.8 Å². The monoisotopic (exact) mass is 346 g/mol. The third-order valence-corrected chi connectivity index (χ3v) is 6.24. The molecule has 24 heavy (non-hydrogen) atoms. The molecule has 2 heterocycles. The summed E-state index contributed by atoms with van der Waals surface area (Å²) < 4.78 is 29.2. The molecule has 0 aromatic heterocycles. The van der Waals surface area contributed by atoms with Crippen molar-refractivity contribution >= 4 is 11.8 Å². The van der Waals surface area contributed by atoms with Gasteiger partial charge in [-0.3, -0.25) is 4.90 Å². The maximum atomic E-state index is 14.7. The van der Waals surface area contributed by atoms with Gasteiger partial charge in [0.05, 0.1) is 4.90 Å². The molecule has 126 valence electrons. The highest BCUT2D eigenvalue weighted by atomic mass is 32.2.